The van der Waals surface area contributed by atoms with Gasteiger partial charge in [-0.3, -0.25) is 0 Å². The molecule has 0 atom stereocenters. The molecule has 52 valence electrons. The fourth-order valence-electron chi connectivity index (χ4n) is 0.543. The van der Waals surface area contributed by atoms with E-state index in [4.69, 9.17) is 6.92 Å². The smallest absolute Gasteiger partial charge is 0.165 e. The lowest BCUT2D eigenvalue weighted by atomic mass is 10.2. The Labute approximate surface area is 56.3 Å². The van der Waals surface area contributed by atoms with Crippen LogP contribution in [-0.4, -0.2) is 0 Å². The van der Waals surface area contributed by atoms with Crippen LogP contribution in [-0.2, 0) is 0 Å². The summed E-state index contributed by atoms with van der Waals surface area (Å²) in [7, 11) is 0. The molecule has 0 amide bonds. The van der Waals surface area contributed by atoms with Crippen LogP contribution in [0.3, 0.4) is 0 Å². The van der Waals surface area contributed by atoms with Crippen molar-refractivity contribution in [1.29, 1.82) is 0 Å². The Morgan fingerprint density at radius 3 is 2.00 bits per heavy atom. The third-order valence-electron chi connectivity index (χ3n) is 1.08. The van der Waals surface area contributed by atoms with Gasteiger partial charge in [0.15, 0.2) is 11.6 Å². The third kappa shape index (κ3) is 0.988. The predicted molar refractivity (Wildman–Crippen MR) is 29.7 cm³/mol. The summed E-state index contributed by atoms with van der Waals surface area (Å²) in [6.45, 7) is 4.79. The molecule has 1 aromatic rings. The molecule has 0 fully saturated rings. The van der Waals surface area contributed by atoms with E-state index in [0.29, 0.717) is 6.07 Å². The Balaban J connectivity index is 3.34. The van der Waals surface area contributed by atoms with Crippen molar-refractivity contribution >= 4 is 0 Å². The summed E-state index contributed by atoms with van der Waals surface area (Å²) < 4.78 is 36.6. The molecule has 0 aliphatic rings. The average Bonchev–Trinajstić information content (AvgIpc) is 1.93. The second kappa shape index (κ2) is 2.33. The number of hydrogen-bond acceptors (Lipinski definition) is 0. The van der Waals surface area contributed by atoms with Gasteiger partial charge in [-0.1, -0.05) is 0 Å². The molecule has 0 N–H and O–H groups in total. The molecule has 0 saturated carbocycles. The topological polar surface area (TPSA) is 0 Å². The molecule has 3 heteroatoms. The number of hydrogen-bond donors (Lipinski definition) is 0. The zero-order valence-corrected chi connectivity index (χ0v) is 4.87. The van der Waals surface area contributed by atoms with Crippen LogP contribution in [0.5, 0.6) is 0 Å². The van der Waals surface area contributed by atoms with Crippen molar-refractivity contribution in [1.82, 2.24) is 0 Å². The maximum absolute atomic E-state index is 12.3. The second-order valence-electron chi connectivity index (χ2n) is 1.76. The van der Waals surface area contributed by atoms with E-state index in [1.54, 1.807) is 0 Å². The molecule has 1 aromatic carbocycles. The van der Waals surface area contributed by atoms with Crippen LogP contribution in [0.15, 0.2) is 12.1 Å². The Kier molecular flexibility index (Phi) is 1.66. The lowest BCUT2D eigenvalue weighted by molar-refractivity contribution is 0.490. The maximum Gasteiger partial charge on any atom is 0.165 e. The molecule has 0 nitrogen and oxygen atoms in total. The van der Waals surface area contributed by atoms with E-state index in [0.717, 1.165) is 6.07 Å². The van der Waals surface area contributed by atoms with E-state index in [-0.39, 0.29) is 0 Å². The van der Waals surface area contributed by atoms with Crippen LogP contribution < -0.4 is 0 Å². The highest BCUT2D eigenvalue weighted by Gasteiger charge is 2.08. The molecule has 0 unspecified atom stereocenters. The van der Waals surface area contributed by atoms with Gasteiger partial charge in [0.1, 0.15) is 5.82 Å². The van der Waals surface area contributed by atoms with Gasteiger partial charge in [0.2, 0.25) is 0 Å². The highest BCUT2D eigenvalue weighted by atomic mass is 19.2. The quantitative estimate of drug-likeness (QED) is 0.489. The molecule has 0 aliphatic heterocycles. The van der Waals surface area contributed by atoms with Crippen LogP contribution in [0.25, 0.3) is 0 Å². The van der Waals surface area contributed by atoms with Crippen LogP contribution in [0.1, 0.15) is 5.56 Å². The van der Waals surface area contributed by atoms with Crippen molar-refractivity contribution < 1.29 is 13.2 Å². The van der Waals surface area contributed by atoms with Gasteiger partial charge in [0, 0.05) is 12.5 Å². The van der Waals surface area contributed by atoms with Gasteiger partial charge in [-0.05, 0) is 12.1 Å². The van der Waals surface area contributed by atoms with E-state index < -0.39 is 23.0 Å². The van der Waals surface area contributed by atoms with Crippen LogP contribution >= 0.6 is 0 Å². The summed E-state index contributed by atoms with van der Waals surface area (Å²) in [5.41, 5.74) is -0.778. The Morgan fingerprint density at radius 1 is 1.00 bits per heavy atom. The molecule has 0 saturated heterocycles. The molecule has 0 bridgehead atoms. The number of halogens is 3. The van der Waals surface area contributed by atoms with Crippen molar-refractivity contribution in [3.63, 3.8) is 0 Å². The monoisotopic (exact) mass is 144 g/mol. The zero-order valence-electron chi connectivity index (χ0n) is 4.87. The minimum Gasteiger partial charge on any atom is -0.207 e. The van der Waals surface area contributed by atoms with Gasteiger partial charge < -0.3 is 0 Å². The molecular weight excluding hydrogens is 141 g/mol. The van der Waals surface area contributed by atoms with Gasteiger partial charge in [0.05, 0.1) is 0 Å². The Hall–Kier alpha value is -0.990. The minimum atomic E-state index is -1.33. The van der Waals surface area contributed by atoms with Crippen molar-refractivity contribution in [2.45, 2.75) is 0 Å². The first-order chi connectivity index (χ1) is 4.63. The van der Waals surface area contributed by atoms with E-state index in [1.807, 2.05) is 0 Å². The highest BCUT2D eigenvalue weighted by Crippen LogP contribution is 2.13. The lowest BCUT2D eigenvalue weighted by Crippen LogP contribution is -1.91. The fourth-order valence-corrected chi connectivity index (χ4v) is 0.543. The SMILES string of the molecule is [CH]c1c(F)ccc(F)c1F. The largest absolute Gasteiger partial charge is 0.207 e. The summed E-state index contributed by atoms with van der Waals surface area (Å²) in [6.07, 6.45) is 0. The van der Waals surface area contributed by atoms with Crippen molar-refractivity contribution in [3.8, 4) is 0 Å². The summed E-state index contributed by atoms with van der Waals surface area (Å²) in [6, 6.07) is 1.45. The molecule has 0 heterocycles. The fraction of sp³-hybridized carbons (Fsp3) is 0. The molecule has 0 aromatic heterocycles. The van der Waals surface area contributed by atoms with E-state index >= 15 is 0 Å². The molecule has 0 aliphatic carbocycles. The third-order valence-corrected chi connectivity index (χ3v) is 1.08. The summed E-state index contributed by atoms with van der Waals surface area (Å²) in [4.78, 5) is 0. The summed E-state index contributed by atoms with van der Waals surface area (Å²) in [5.74, 6) is -3.42. The molecular formula is C7H3F3. The molecule has 10 heavy (non-hydrogen) atoms. The Morgan fingerprint density at radius 2 is 1.50 bits per heavy atom. The first-order valence-electron chi connectivity index (χ1n) is 2.52. The standard InChI is InChI=1S/C7H3F3/c1-4-5(8)2-3-6(9)7(4)10/h1-3H. The lowest BCUT2D eigenvalue weighted by Gasteiger charge is -1.96. The predicted octanol–water partition coefficient (Wildman–Crippen LogP) is 2.16. The zero-order chi connectivity index (χ0) is 7.72. The van der Waals surface area contributed by atoms with Crippen LogP contribution in [0, 0.1) is 24.4 Å². The van der Waals surface area contributed by atoms with Crippen molar-refractivity contribution in [3.05, 3.63) is 42.1 Å². The van der Waals surface area contributed by atoms with Gasteiger partial charge in [0.25, 0.3) is 0 Å². The van der Waals surface area contributed by atoms with Gasteiger partial charge in [-0.2, -0.15) is 0 Å². The first-order valence-corrected chi connectivity index (χ1v) is 2.52. The average molecular weight is 144 g/mol. The summed E-state index contributed by atoms with van der Waals surface area (Å²) in [5, 5.41) is 0. The highest BCUT2D eigenvalue weighted by molar-refractivity contribution is 5.23. The van der Waals surface area contributed by atoms with Crippen molar-refractivity contribution in [2.24, 2.45) is 0 Å². The van der Waals surface area contributed by atoms with Gasteiger partial charge in [-0.25, -0.2) is 13.2 Å². The van der Waals surface area contributed by atoms with Gasteiger partial charge in [-0.15, -0.1) is 0 Å². The van der Waals surface area contributed by atoms with Crippen LogP contribution in [0.2, 0.25) is 0 Å². The number of rotatable bonds is 0. The maximum atomic E-state index is 12.3. The van der Waals surface area contributed by atoms with Gasteiger partial charge >= 0.3 is 0 Å². The minimum absolute atomic E-state index is 0.682. The molecule has 2 radical (unpaired) electrons. The molecule has 1 rings (SSSR count). The van der Waals surface area contributed by atoms with Crippen LogP contribution in [0.4, 0.5) is 13.2 Å². The van der Waals surface area contributed by atoms with E-state index in [9.17, 15) is 13.2 Å². The Bertz CT molecular complexity index is 228. The van der Waals surface area contributed by atoms with E-state index in [1.165, 1.54) is 0 Å². The van der Waals surface area contributed by atoms with Crippen molar-refractivity contribution in [2.75, 3.05) is 0 Å². The number of benzene rings is 1. The second-order valence-corrected chi connectivity index (χ2v) is 1.76. The van der Waals surface area contributed by atoms with E-state index in [2.05, 4.69) is 0 Å². The normalized spacial score (nSPS) is 10.0. The molecule has 0 spiro atoms. The summed E-state index contributed by atoms with van der Waals surface area (Å²) >= 11 is 0. The first kappa shape index (κ1) is 7.12.